The van der Waals surface area contributed by atoms with Gasteiger partial charge in [0.15, 0.2) is 0 Å². The first kappa shape index (κ1) is 14.6. The number of hydrogen-bond donors (Lipinski definition) is 2. The Bertz CT molecular complexity index is 180. The molecule has 92 valence electrons. The lowest BCUT2D eigenvalue weighted by Gasteiger charge is -2.18. The van der Waals surface area contributed by atoms with Gasteiger partial charge in [-0.05, 0) is 6.42 Å². The van der Waals surface area contributed by atoms with E-state index in [1.165, 1.54) is 0 Å². The Labute approximate surface area is 83.7 Å². The molecule has 0 aliphatic carbocycles. The first-order valence-electron chi connectivity index (χ1n) is 4.40. The average Bonchev–Trinajstić information content (AvgIpc) is 2.10. The Morgan fingerprint density at radius 1 is 0.933 bits per heavy atom. The van der Waals surface area contributed by atoms with Gasteiger partial charge in [0.05, 0.1) is 12.7 Å². The Morgan fingerprint density at radius 3 is 1.87 bits per heavy atom. The van der Waals surface area contributed by atoms with E-state index in [2.05, 4.69) is 0 Å². The third-order valence-corrected chi connectivity index (χ3v) is 1.83. The van der Waals surface area contributed by atoms with E-state index in [0.717, 1.165) is 0 Å². The minimum atomic E-state index is -4.60. The number of alkyl halides is 5. The van der Waals surface area contributed by atoms with Crippen molar-refractivity contribution in [2.24, 2.45) is 0 Å². The highest BCUT2D eigenvalue weighted by atomic mass is 19.4. The summed E-state index contributed by atoms with van der Waals surface area (Å²) in [5, 5.41) is 17.1. The van der Waals surface area contributed by atoms with Crippen molar-refractivity contribution in [3.8, 4) is 0 Å². The summed E-state index contributed by atoms with van der Waals surface area (Å²) in [5.74, 6) is -3.45. The van der Waals surface area contributed by atoms with E-state index in [4.69, 9.17) is 10.2 Å². The zero-order valence-electron chi connectivity index (χ0n) is 7.90. The fraction of sp³-hybridized carbons (Fsp3) is 1.00. The molecule has 0 rings (SSSR count). The number of hydrogen-bond acceptors (Lipinski definition) is 2. The molecular weight excluding hydrogens is 223 g/mol. The van der Waals surface area contributed by atoms with E-state index >= 15 is 0 Å². The quantitative estimate of drug-likeness (QED) is 0.693. The van der Waals surface area contributed by atoms with Gasteiger partial charge < -0.3 is 10.2 Å². The van der Waals surface area contributed by atoms with Crippen LogP contribution in [0, 0.1) is 0 Å². The second kappa shape index (κ2) is 5.60. The van der Waals surface area contributed by atoms with Crippen LogP contribution in [0.4, 0.5) is 22.0 Å². The van der Waals surface area contributed by atoms with Gasteiger partial charge in [-0.25, -0.2) is 8.78 Å². The summed E-state index contributed by atoms with van der Waals surface area (Å²) in [6, 6.07) is 0. The summed E-state index contributed by atoms with van der Waals surface area (Å²) < 4.78 is 60.4. The van der Waals surface area contributed by atoms with E-state index in [9.17, 15) is 22.0 Å². The molecule has 0 amide bonds. The van der Waals surface area contributed by atoms with Crippen LogP contribution in [0.25, 0.3) is 0 Å². The Hall–Kier alpha value is -0.430. The Kier molecular flexibility index (Phi) is 5.44. The minimum absolute atomic E-state index is 0.415. The summed E-state index contributed by atoms with van der Waals surface area (Å²) in [5.41, 5.74) is 0. The molecule has 0 aromatic rings. The molecule has 0 bridgehead atoms. The summed E-state index contributed by atoms with van der Waals surface area (Å²) in [7, 11) is 0. The second-order valence-corrected chi connectivity index (χ2v) is 3.35. The fourth-order valence-electron chi connectivity index (χ4n) is 0.919. The third kappa shape index (κ3) is 8.56. The van der Waals surface area contributed by atoms with Crippen molar-refractivity contribution in [3.63, 3.8) is 0 Å². The van der Waals surface area contributed by atoms with Crippen molar-refractivity contribution in [2.75, 3.05) is 6.61 Å². The molecule has 0 saturated carbocycles. The molecule has 15 heavy (non-hydrogen) atoms. The molecular formula is C8H13F5O2. The Morgan fingerprint density at radius 2 is 1.47 bits per heavy atom. The highest BCUT2D eigenvalue weighted by Gasteiger charge is 2.36. The van der Waals surface area contributed by atoms with Crippen LogP contribution in [0.1, 0.15) is 25.7 Å². The van der Waals surface area contributed by atoms with Crippen molar-refractivity contribution >= 4 is 0 Å². The van der Waals surface area contributed by atoms with E-state index < -0.39 is 50.5 Å². The first-order chi connectivity index (χ1) is 6.66. The van der Waals surface area contributed by atoms with Gasteiger partial charge in [0.2, 0.25) is 5.92 Å². The molecule has 0 fully saturated rings. The molecule has 0 heterocycles. The normalized spacial score (nSPS) is 15.4. The van der Waals surface area contributed by atoms with E-state index in [1.807, 2.05) is 0 Å². The first-order valence-corrected chi connectivity index (χ1v) is 4.40. The monoisotopic (exact) mass is 236 g/mol. The van der Waals surface area contributed by atoms with Gasteiger partial charge in [0, 0.05) is 19.3 Å². The lowest BCUT2D eigenvalue weighted by atomic mass is 10.1. The van der Waals surface area contributed by atoms with Crippen molar-refractivity contribution in [3.05, 3.63) is 0 Å². The van der Waals surface area contributed by atoms with Crippen LogP contribution in [-0.2, 0) is 0 Å². The van der Waals surface area contributed by atoms with Crippen LogP contribution in [0.5, 0.6) is 0 Å². The third-order valence-electron chi connectivity index (χ3n) is 1.83. The molecule has 0 radical (unpaired) electrons. The average molecular weight is 236 g/mol. The highest BCUT2D eigenvalue weighted by molar-refractivity contribution is 4.70. The zero-order chi connectivity index (χ0) is 12.1. The van der Waals surface area contributed by atoms with E-state index in [1.54, 1.807) is 0 Å². The number of aliphatic hydroxyl groups excluding tert-OH is 2. The zero-order valence-corrected chi connectivity index (χ0v) is 7.90. The number of halogens is 5. The minimum Gasteiger partial charge on any atom is -0.394 e. The van der Waals surface area contributed by atoms with Crippen molar-refractivity contribution in [2.45, 2.75) is 43.9 Å². The molecule has 0 aliphatic heterocycles. The summed E-state index contributed by atoms with van der Waals surface area (Å²) in [4.78, 5) is 0. The number of rotatable bonds is 6. The van der Waals surface area contributed by atoms with Gasteiger partial charge in [0.25, 0.3) is 0 Å². The van der Waals surface area contributed by atoms with Crippen LogP contribution < -0.4 is 0 Å². The van der Waals surface area contributed by atoms with Crippen LogP contribution in [0.2, 0.25) is 0 Å². The Balaban J connectivity index is 3.86. The summed E-state index contributed by atoms with van der Waals surface area (Å²) in [6.07, 6.45) is -10.0. The predicted octanol–water partition coefficient (Wildman–Crippen LogP) is 2.10. The van der Waals surface area contributed by atoms with Crippen LogP contribution in [-0.4, -0.2) is 35.0 Å². The lowest BCUT2D eigenvalue weighted by Crippen LogP contribution is -2.23. The van der Waals surface area contributed by atoms with Gasteiger partial charge in [-0.15, -0.1) is 0 Å². The highest BCUT2D eigenvalue weighted by Crippen LogP contribution is 2.32. The molecule has 0 aromatic carbocycles. The van der Waals surface area contributed by atoms with Crippen molar-refractivity contribution in [1.82, 2.24) is 0 Å². The molecule has 7 heteroatoms. The smallest absolute Gasteiger partial charge is 0.389 e. The molecule has 2 N–H and O–H groups in total. The van der Waals surface area contributed by atoms with Crippen LogP contribution in [0.15, 0.2) is 0 Å². The second-order valence-electron chi connectivity index (χ2n) is 3.35. The van der Waals surface area contributed by atoms with Gasteiger partial charge >= 0.3 is 6.18 Å². The molecule has 1 unspecified atom stereocenters. The van der Waals surface area contributed by atoms with Crippen LogP contribution >= 0.6 is 0 Å². The van der Waals surface area contributed by atoms with E-state index in [-0.39, 0.29) is 0 Å². The number of aliphatic hydroxyl groups is 2. The maximum Gasteiger partial charge on any atom is 0.389 e. The maximum absolute atomic E-state index is 12.8. The van der Waals surface area contributed by atoms with E-state index in [0.29, 0.717) is 0 Å². The van der Waals surface area contributed by atoms with Gasteiger partial charge in [-0.2, -0.15) is 13.2 Å². The largest absolute Gasteiger partial charge is 0.394 e. The van der Waals surface area contributed by atoms with Gasteiger partial charge in [-0.3, -0.25) is 0 Å². The summed E-state index contributed by atoms with van der Waals surface area (Å²) >= 11 is 0. The standard InChI is InChI=1S/C8H13F5O2/c9-7(10,2-1-6(15)5-14)3-4-8(11,12)13/h6,14-15H,1-5H2. The van der Waals surface area contributed by atoms with Crippen molar-refractivity contribution in [1.29, 1.82) is 0 Å². The lowest BCUT2D eigenvalue weighted by molar-refractivity contribution is -0.153. The maximum atomic E-state index is 12.8. The SMILES string of the molecule is OCC(O)CCC(F)(F)CCC(F)(F)F. The summed E-state index contributed by atoms with van der Waals surface area (Å²) in [6.45, 7) is -0.671. The van der Waals surface area contributed by atoms with Crippen LogP contribution in [0.3, 0.4) is 0 Å². The molecule has 0 spiro atoms. The molecule has 0 aromatic heterocycles. The topological polar surface area (TPSA) is 40.5 Å². The molecule has 1 atom stereocenters. The molecule has 0 saturated heterocycles. The predicted molar refractivity (Wildman–Crippen MR) is 42.6 cm³/mol. The molecule has 0 aliphatic rings. The van der Waals surface area contributed by atoms with Gasteiger partial charge in [0.1, 0.15) is 0 Å². The fourth-order valence-corrected chi connectivity index (χ4v) is 0.919. The molecule has 2 nitrogen and oxygen atoms in total. The van der Waals surface area contributed by atoms with Gasteiger partial charge in [-0.1, -0.05) is 0 Å². The van der Waals surface area contributed by atoms with Crippen molar-refractivity contribution < 1.29 is 32.2 Å².